The van der Waals surface area contributed by atoms with Gasteiger partial charge in [0.25, 0.3) is 0 Å². The molecule has 0 aromatic carbocycles. The van der Waals surface area contributed by atoms with Crippen LogP contribution < -0.4 is 4.80 Å². The van der Waals surface area contributed by atoms with Gasteiger partial charge in [0.05, 0.1) is 24.8 Å². The molecule has 0 atom stereocenters. The molecule has 0 aromatic heterocycles. The average Bonchev–Trinajstić information content (AvgIpc) is 2.36. The largest absolute Gasteiger partial charge is 0.794 e. The molecule has 0 rings (SSSR count). The van der Waals surface area contributed by atoms with Crippen LogP contribution in [-0.2, 0) is 14.5 Å². The smallest absolute Gasteiger partial charge is 0.404 e. The fourth-order valence-corrected chi connectivity index (χ4v) is 1.06. The maximum absolute atomic E-state index is 8.91. The summed E-state index contributed by atoms with van der Waals surface area (Å²) in [6.07, 6.45) is 0. The summed E-state index contributed by atoms with van der Waals surface area (Å²) in [5, 5.41) is 26.2. The molecule has 0 fully saturated rings. The Morgan fingerprint density at radius 2 is 1.10 bits per heavy atom. The fourth-order valence-electron chi connectivity index (χ4n) is 1.06. The summed E-state index contributed by atoms with van der Waals surface area (Å²) in [6, 6.07) is -0.204. The van der Waals surface area contributed by atoms with E-state index in [0.717, 1.165) is 0 Å². The van der Waals surface area contributed by atoms with Crippen molar-refractivity contribution in [1.29, 1.82) is 0 Å². The Morgan fingerprint density at radius 3 is 1.24 bits per heavy atom. The van der Waals surface area contributed by atoms with E-state index >= 15 is 0 Å². The number of quaternary nitrogens is 1. The van der Waals surface area contributed by atoms with Gasteiger partial charge in [0.1, 0.15) is 19.8 Å². The van der Waals surface area contributed by atoms with Gasteiger partial charge in [0, 0.05) is 0 Å². The number of nitrogens with zero attached hydrogens (tertiary/aromatic N) is 1. The van der Waals surface area contributed by atoms with Gasteiger partial charge in [-0.2, -0.15) is 0 Å². The third-order valence-electron chi connectivity index (χ3n) is 1.72. The first-order chi connectivity index (χ1) is 9.63. The minimum Gasteiger partial charge on any atom is -0.794 e. The molecule has 130 valence electrons. The molecule has 0 saturated carbocycles. The van der Waals surface area contributed by atoms with Crippen molar-refractivity contribution < 1.29 is 54.0 Å². The molecule has 11 nitrogen and oxygen atoms in total. The Labute approximate surface area is 123 Å². The Balaban J connectivity index is 0. The van der Waals surface area contributed by atoms with Gasteiger partial charge in [-0.25, -0.2) is 0 Å². The summed E-state index contributed by atoms with van der Waals surface area (Å²) in [5.74, 6) is 0. The molecule has 0 radical (unpaired) electrons. The van der Waals surface area contributed by atoms with Crippen molar-refractivity contribution in [2.24, 2.45) is 0 Å². The average molecular weight is 335 g/mol. The highest BCUT2D eigenvalue weighted by Crippen LogP contribution is 2.17. The molecule has 6 N–H and O–H groups in total. The van der Waals surface area contributed by atoms with Crippen LogP contribution in [0.15, 0.2) is 0 Å². The van der Waals surface area contributed by atoms with Crippen LogP contribution in [-0.4, -0.2) is 89.4 Å². The van der Waals surface area contributed by atoms with Gasteiger partial charge in [-0.05, 0) is 13.8 Å². The molecule has 0 aliphatic rings. The molecule has 0 saturated heterocycles. The molecule has 0 heterocycles. The van der Waals surface area contributed by atoms with Gasteiger partial charge < -0.3 is 34.5 Å². The second-order valence-electron chi connectivity index (χ2n) is 3.88. The van der Waals surface area contributed by atoms with Crippen LogP contribution in [0.3, 0.4) is 0 Å². The third-order valence-corrected chi connectivity index (χ3v) is 1.72. The van der Waals surface area contributed by atoms with Gasteiger partial charge in [0.2, 0.25) is 0 Å². The normalized spacial score (nSPS) is 12.3. The quantitative estimate of drug-likeness (QED) is 0.130. The number of aliphatic hydroxyl groups excluding tert-OH is 3. The van der Waals surface area contributed by atoms with E-state index in [0.29, 0.717) is 0 Å². The lowest BCUT2D eigenvalue weighted by Gasteiger charge is -2.31. The van der Waals surface area contributed by atoms with Crippen LogP contribution in [0, 0.1) is 0 Å². The van der Waals surface area contributed by atoms with Gasteiger partial charge in [-0.15, -0.1) is 14.5 Å². The van der Waals surface area contributed by atoms with Crippen molar-refractivity contribution in [3.05, 3.63) is 0 Å². The van der Waals surface area contributed by atoms with E-state index in [1.54, 1.807) is 13.8 Å². The highest BCUT2D eigenvalue weighted by atomic mass is 28.4. The molecule has 0 aliphatic heterocycles. The summed E-state index contributed by atoms with van der Waals surface area (Å²) in [6.45, 7) is 3.20. The van der Waals surface area contributed by atoms with E-state index < -0.39 is 14.0 Å². The maximum atomic E-state index is 8.91. The van der Waals surface area contributed by atoms with Crippen molar-refractivity contribution >= 4 is 9.05 Å². The van der Waals surface area contributed by atoms with Crippen molar-refractivity contribution in [3.8, 4) is 0 Å². The minimum atomic E-state index is -4.86. The number of hydroxylamine groups is 3. The van der Waals surface area contributed by atoms with Crippen LogP contribution >= 0.6 is 0 Å². The van der Waals surface area contributed by atoms with Gasteiger partial charge in [-0.1, -0.05) is 0 Å². The van der Waals surface area contributed by atoms with Crippen molar-refractivity contribution in [2.75, 3.05) is 39.6 Å². The van der Waals surface area contributed by atoms with E-state index in [-0.39, 0.29) is 45.7 Å². The van der Waals surface area contributed by atoms with E-state index in [9.17, 15) is 0 Å². The Morgan fingerprint density at radius 1 is 0.857 bits per heavy atom. The van der Waals surface area contributed by atoms with Crippen LogP contribution in [0.1, 0.15) is 13.8 Å². The first kappa shape index (κ1) is 23.0. The van der Waals surface area contributed by atoms with Gasteiger partial charge >= 0.3 is 9.05 Å². The molecule has 0 aliphatic carbocycles. The van der Waals surface area contributed by atoms with Crippen LogP contribution in [0.2, 0.25) is 0 Å². The molecule has 21 heavy (non-hydrogen) atoms. The summed E-state index contributed by atoms with van der Waals surface area (Å²) in [7, 11) is -4.86. The standard InChI is InChI=1S/C9H22NO6.H3O4Si/c1-9(2)10(14-6-3-11,15-7-4-12)16-8-5-13;1-5(2,3)4/h9,11-13H,3-8H2,1-2H3;1-3H/q+1;-1. The zero-order chi connectivity index (χ0) is 16.9. The molecule has 0 bridgehead atoms. The Bertz CT molecular complexity index is 209. The zero-order valence-electron chi connectivity index (χ0n) is 12.1. The van der Waals surface area contributed by atoms with E-state index in [1.165, 1.54) is 0 Å². The minimum absolute atomic E-state index is 0.0367. The Hall–Kier alpha value is -0.223. The predicted octanol–water partition coefficient (Wildman–Crippen LogP) is -4.26. The second-order valence-corrected chi connectivity index (χ2v) is 5.03. The van der Waals surface area contributed by atoms with Crippen molar-refractivity contribution in [2.45, 2.75) is 19.9 Å². The molecule has 12 heteroatoms. The number of hydrogen-bond donors (Lipinski definition) is 6. The lowest BCUT2D eigenvalue weighted by Crippen LogP contribution is -2.54. The van der Waals surface area contributed by atoms with Crippen molar-refractivity contribution in [3.63, 3.8) is 0 Å². The fraction of sp³-hybridized carbons (Fsp3) is 1.00. The van der Waals surface area contributed by atoms with Gasteiger partial charge in [0.15, 0.2) is 6.04 Å². The van der Waals surface area contributed by atoms with Crippen LogP contribution in [0.4, 0.5) is 0 Å². The van der Waals surface area contributed by atoms with Crippen LogP contribution in [0.5, 0.6) is 0 Å². The topological polar surface area (TPSA) is 172 Å². The summed E-state index contributed by atoms with van der Waals surface area (Å²) >= 11 is 0. The number of aliphatic hydroxyl groups is 3. The second kappa shape index (κ2) is 12.3. The maximum Gasteiger partial charge on any atom is 0.404 e. The lowest BCUT2D eigenvalue weighted by molar-refractivity contribution is -1.38. The number of rotatable bonds is 10. The molecule has 0 spiro atoms. The van der Waals surface area contributed by atoms with E-state index in [2.05, 4.69) is 0 Å². The third kappa shape index (κ3) is 14.5. The molecule has 0 aromatic rings. The highest BCUT2D eigenvalue weighted by Gasteiger charge is 2.39. The number of hydrogen-bond acceptors (Lipinski definition) is 10. The summed E-state index contributed by atoms with van der Waals surface area (Å²) < 4.78 is 0. The SMILES string of the molecule is CC(C)[N+](OCCO)(OCCO)OCCO.[O-][Si](O)(O)O. The first-order valence-corrected chi connectivity index (χ1v) is 7.90. The molecule has 0 unspecified atom stereocenters. The van der Waals surface area contributed by atoms with Crippen LogP contribution in [0.25, 0.3) is 0 Å². The Kier molecular flexibility index (Phi) is 13.5. The molecule has 0 amide bonds. The predicted molar refractivity (Wildman–Crippen MR) is 66.9 cm³/mol. The molecular formula is C9H25NO10Si. The zero-order valence-corrected chi connectivity index (χ0v) is 13.1. The van der Waals surface area contributed by atoms with Crippen molar-refractivity contribution in [1.82, 2.24) is 0 Å². The van der Waals surface area contributed by atoms with Gasteiger partial charge in [-0.3, -0.25) is 0 Å². The first-order valence-electron chi connectivity index (χ1n) is 6.15. The molecular weight excluding hydrogens is 310 g/mol. The monoisotopic (exact) mass is 335 g/mol. The van der Waals surface area contributed by atoms with E-state index in [1.807, 2.05) is 0 Å². The lowest BCUT2D eigenvalue weighted by atomic mass is 10.4. The van der Waals surface area contributed by atoms with E-state index in [4.69, 9.17) is 49.0 Å². The summed E-state index contributed by atoms with van der Waals surface area (Å²) in [5.41, 5.74) is 0. The summed E-state index contributed by atoms with van der Waals surface area (Å²) in [4.78, 5) is 45.7. The highest BCUT2D eigenvalue weighted by molar-refractivity contribution is 6.44.